The van der Waals surface area contributed by atoms with Crippen molar-refractivity contribution in [3.8, 4) is 0 Å². The lowest BCUT2D eigenvalue weighted by Gasteiger charge is -2.46. The van der Waals surface area contributed by atoms with Crippen LogP contribution in [0.4, 0.5) is 5.82 Å². The van der Waals surface area contributed by atoms with Crippen molar-refractivity contribution in [2.24, 2.45) is 5.92 Å². The zero-order valence-corrected chi connectivity index (χ0v) is 15.7. The van der Waals surface area contributed by atoms with Gasteiger partial charge in [0.25, 0.3) is 5.91 Å². The van der Waals surface area contributed by atoms with Crippen LogP contribution in [-0.4, -0.2) is 39.2 Å². The number of rotatable bonds is 5. The van der Waals surface area contributed by atoms with Gasteiger partial charge in [0.05, 0.1) is 18.1 Å². The number of amides is 1. The third-order valence-electron chi connectivity index (χ3n) is 3.72. The highest BCUT2D eigenvalue weighted by Crippen LogP contribution is 2.55. The number of nitrogens with one attached hydrogen (secondary N) is 1. The minimum Gasteiger partial charge on any atom is -0.323 e. The fraction of sp³-hybridized carbons (Fsp3) is 0.688. The van der Waals surface area contributed by atoms with E-state index in [2.05, 4.69) is 48.6 Å². The molecule has 0 aliphatic rings. The predicted molar refractivity (Wildman–Crippen MR) is 94.3 cm³/mol. The number of carbonyl (C=O) groups is 1. The maximum Gasteiger partial charge on any atom is 0.256 e. The smallest absolute Gasteiger partial charge is 0.256 e. The summed E-state index contributed by atoms with van der Waals surface area (Å²) in [5.41, 5.74) is 0.813. The fourth-order valence-electron chi connectivity index (χ4n) is 1.52. The van der Waals surface area contributed by atoms with Gasteiger partial charge in [0, 0.05) is 4.75 Å². The van der Waals surface area contributed by atoms with Gasteiger partial charge in [-0.1, -0.05) is 34.6 Å². The van der Waals surface area contributed by atoms with Crippen molar-refractivity contribution in [1.82, 2.24) is 9.97 Å². The summed E-state index contributed by atoms with van der Waals surface area (Å²) in [6.07, 6.45) is 6.88. The van der Waals surface area contributed by atoms with Gasteiger partial charge in [0.2, 0.25) is 0 Å². The summed E-state index contributed by atoms with van der Waals surface area (Å²) in [6.45, 7) is 12.3. The lowest BCUT2D eigenvalue weighted by Crippen LogP contribution is -2.39. The molecule has 0 aliphatic carbocycles. The second-order valence-electron chi connectivity index (χ2n) is 7.14. The van der Waals surface area contributed by atoms with E-state index in [1.165, 1.54) is 0 Å². The highest BCUT2D eigenvalue weighted by Gasteiger charge is 2.35. The molecule has 1 aromatic heterocycles. The Morgan fingerprint density at radius 2 is 1.82 bits per heavy atom. The van der Waals surface area contributed by atoms with Crippen molar-refractivity contribution >= 4 is 22.0 Å². The van der Waals surface area contributed by atoms with E-state index < -0.39 is 16.4 Å². The SMILES string of the molecule is Cc1cnc(NC(=O)[C@@H](OS(C)(C)C(C)(C)C)C(C)C)cn1. The van der Waals surface area contributed by atoms with Crippen LogP contribution in [0.3, 0.4) is 0 Å². The van der Waals surface area contributed by atoms with Crippen molar-refractivity contribution in [3.05, 3.63) is 18.1 Å². The first-order valence-corrected chi connectivity index (χ1v) is 9.82. The van der Waals surface area contributed by atoms with Crippen LogP contribution < -0.4 is 5.32 Å². The second-order valence-corrected chi connectivity index (χ2v) is 11.0. The van der Waals surface area contributed by atoms with Crippen molar-refractivity contribution in [3.63, 3.8) is 0 Å². The highest BCUT2D eigenvalue weighted by atomic mass is 32.3. The summed E-state index contributed by atoms with van der Waals surface area (Å²) in [6, 6.07) is 0. The van der Waals surface area contributed by atoms with Gasteiger partial charge in [-0.25, -0.2) is 4.98 Å². The maximum absolute atomic E-state index is 12.6. The van der Waals surface area contributed by atoms with E-state index in [-0.39, 0.29) is 16.6 Å². The van der Waals surface area contributed by atoms with Gasteiger partial charge < -0.3 is 9.50 Å². The van der Waals surface area contributed by atoms with E-state index in [0.29, 0.717) is 5.82 Å². The monoisotopic (exact) mass is 327 g/mol. The average Bonchev–Trinajstić information content (AvgIpc) is 2.37. The lowest BCUT2D eigenvalue weighted by atomic mass is 10.1. The number of aromatic nitrogens is 2. The summed E-state index contributed by atoms with van der Waals surface area (Å²) in [5, 5.41) is 2.80. The molecule has 0 bridgehead atoms. The van der Waals surface area contributed by atoms with Gasteiger partial charge in [0.1, 0.15) is 0 Å². The first-order valence-electron chi connectivity index (χ1n) is 7.44. The van der Waals surface area contributed by atoms with Crippen molar-refractivity contribution in [1.29, 1.82) is 0 Å². The third kappa shape index (κ3) is 4.95. The Labute approximate surface area is 135 Å². The number of carbonyl (C=O) groups excluding carboxylic acids is 1. The van der Waals surface area contributed by atoms with E-state index in [4.69, 9.17) is 4.18 Å². The molecular weight excluding hydrogens is 298 g/mol. The molecule has 1 rings (SSSR count). The minimum atomic E-state index is -1.38. The molecule has 0 saturated heterocycles. The largest absolute Gasteiger partial charge is 0.323 e. The van der Waals surface area contributed by atoms with Crippen LogP contribution in [-0.2, 0) is 8.98 Å². The Morgan fingerprint density at radius 1 is 1.23 bits per heavy atom. The Morgan fingerprint density at radius 3 is 2.23 bits per heavy atom. The molecule has 1 atom stereocenters. The maximum atomic E-state index is 12.6. The molecule has 0 spiro atoms. The molecule has 0 fully saturated rings. The second kappa shape index (κ2) is 6.96. The fourth-order valence-corrected chi connectivity index (χ4v) is 2.63. The van der Waals surface area contributed by atoms with E-state index in [9.17, 15) is 4.79 Å². The number of aryl methyl sites for hydroxylation is 1. The van der Waals surface area contributed by atoms with Crippen molar-refractivity contribution in [2.75, 3.05) is 17.8 Å². The summed E-state index contributed by atoms with van der Waals surface area (Å²) < 4.78 is 6.25. The summed E-state index contributed by atoms with van der Waals surface area (Å²) >= 11 is 0. The van der Waals surface area contributed by atoms with Crippen molar-refractivity contribution in [2.45, 2.75) is 52.4 Å². The van der Waals surface area contributed by atoms with E-state index >= 15 is 0 Å². The van der Waals surface area contributed by atoms with Gasteiger partial charge in [-0.3, -0.25) is 9.78 Å². The van der Waals surface area contributed by atoms with Gasteiger partial charge in [0.15, 0.2) is 11.9 Å². The number of hydrogen-bond acceptors (Lipinski definition) is 4. The molecule has 0 saturated carbocycles. The molecular formula is C16H29N3O2S. The molecule has 1 heterocycles. The van der Waals surface area contributed by atoms with Crippen LogP contribution in [0.25, 0.3) is 0 Å². The number of anilines is 1. The molecule has 1 N–H and O–H groups in total. The molecule has 0 aromatic carbocycles. The van der Waals surface area contributed by atoms with Crippen LogP contribution in [0.5, 0.6) is 0 Å². The van der Waals surface area contributed by atoms with Crippen LogP contribution >= 0.6 is 10.3 Å². The lowest BCUT2D eigenvalue weighted by molar-refractivity contribution is -0.124. The molecule has 1 aromatic rings. The van der Waals surface area contributed by atoms with E-state index in [0.717, 1.165) is 5.69 Å². The van der Waals surface area contributed by atoms with Crippen LogP contribution in [0.2, 0.25) is 0 Å². The molecule has 0 aliphatic heterocycles. The van der Waals surface area contributed by atoms with Crippen LogP contribution in [0.1, 0.15) is 40.3 Å². The Kier molecular flexibility index (Phi) is 5.98. The van der Waals surface area contributed by atoms with E-state index in [1.54, 1.807) is 12.4 Å². The summed E-state index contributed by atoms with van der Waals surface area (Å²) in [4.78, 5) is 20.9. The topological polar surface area (TPSA) is 64.1 Å². The standard InChI is InChI=1S/C16H29N3O2S/c1-11(2)14(21-22(7,8)16(4,5)6)15(20)19-13-10-17-12(3)9-18-13/h9-11,14H,1-8H3,(H,18,19,20)/t14-/m0/s1. The van der Waals surface area contributed by atoms with Crippen LogP contribution in [0, 0.1) is 12.8 Å². The molecule has 1 amide bonds. The molecule has 5 nitrogen and oxygen atoms in total. The normalized spacial score (nSPS) is 14.8. The summed E-state index contributed by atoms with van der Waals surface area (Å²) in [5.74, 6) is 0.360. The number of nitrogens with zero attached hydrogens (tertiary/aromatic N) is 2. The van der Waals surface area contributed by atoms with E-state index in [1.807, 2.05) is 20.8 Å². The third-order valence-corrected chi connectivity index (χ3v) is 7.35. The van der Waals surface area contributed by atoms with Crippen LogP contribution in [0.15, 0.2) is 12.4 Å². The molecule has 0 unspecified atom stereocenters. The van der Waals surface area contributed by atoms with Gasteiger partial charge in [-0.2, -0.15) is 0 Å². The molecule has 0 radical (unpaired) electrons. The first kappa shape index (κ1) is 18.9. The van der Waals surface area contributed by atoms with Gasteiger partial charge >= 0.3 is 0 Å². The highest BCUT2D eigenvalue weighted by molar-refractivity contribution is 8.29. The average molecular weight is 327 g/mol. The Bertz CT molecular complexity index is 507. The molecule has 6 heteroatoms. The molecule has 126 valence electrons. The summed E-state index contributed by atoms with van der Waals surface area (Å²) in [7, 11) is -1.38. The predicted octanol–water partition coefficient (Wildman–Crippen LogP) is 3.54. The zero-order valence-electron chi connectivity index (χ0n) is 14.9. The van der Waals surface area contributed by atoms with Gasteiger partial charge in [-0.05, 0) is 25.4 Å². The Hall–Kier alpha value is -1.14. The number of hydrogen-bond donors (Lipinski definition) is 1. The first-order chi connectivity index (χ1) is 9.94. The van der Waals surface area contributed by atoms with Gasteiger partial charge in [-0.15, -0.1) is 10.3 Å². The molecule has 22 heavy (non-hydrogen) atoms. The quantitative estimate of drug-likeness (QED) is 0.898. The Balaban J connectivity index is 2.87. The van der Waals surface area contributed by atoms with Crippen molar-refractivity contribution < 1.29 is 8.98 Å². The zero-order chi connectivity index (χ0) is 17.1. The minimum absolute atomic E-state index is 0.00405.